The average Bonchev–Trinajstić information content (AvgIpc) is 2.62. The number of hydrogen-bond donors (Lipinski definition) is 2. The summed E-state index contributed by atoms with van der Waals surface area (Å²) in [5, 5.41) is 6.32. The Kier molecular flexibility index (Phi) is 5.79. The third-order valence-electron chi connectivity index (χ3n) is 3.86. The second kappa shape index (κ2) is 8.25. The Labute approximate surface area is 167 Å². The lowest BCUT2D eigenvalue weighted by Gasteiger charge is -2.09. The summed E-state index contributed by atoms with van der Waals surface area (Å²) in [5.41, 5.74) is 3.15. The fourth-order valence-electron chi connectivity index (χ4n) is 2.50. The van der Waals surface area contributed by atoms with Crippen molar-refractivity contribution in [3.05, 3.63) is 93.5 Å². The molecule has 4 nitrogen and oxygen atoms in total. The van der Waals surface area contributed by atoms with Crippen LogP contribution in [0.25, 0.3) is 0 Å². The molecule has 6 heteroatoms. The van der Waals surface area contributed by atoms with Crippen LogP contribution >= 0.6 is 23.2 Å². The van der Waals surface area contributed by atoms with Gasteiger partial charge in [-0.2, -0.15) is 0 Å². The minimum absolute atomic E-state index is 0.223. The van der Waals surface area contributed by atoms with Gasteiger partial charge in [0.15, 0.2) is 0 Å². The van der Waals surface area contributed by atoms with Gasteiger partial charge < -0.3 is 10.6 Å². The molecule has 0 radical (unpaired) electrons. The first-order chi connectivity index (χ1) is 12.9. The minimum atomic E-state index is -0.353. The van der Waals surface area contributed by atoms with Crippen molar-refractivity contribution in [2.24, 2.45) is 0 Å². The predicted octanol–water partition coefficient (Wildman–Crippen LogP) is 5.81. The highest BCUT2D eigenvalue weighted by molar-refractivity contribution is 6.37. The fraction of sp³-hybridized carbons (Fsp3) is 0.0476. The van der Waals surface area contributed by atoms with E-state index in [9.17, 15) is 9.59 Å². The van der Waals surface area contributed by atoms with E-state index in [2.05, 4.69) is 10.6 Å². The number of halogens is 2. The average molecular weight is 399 g/mol. The molecule has 27 heavy (non-hydrogen) atoms. The molecule has 3 rings (SSSR count). The van der Waals surface area contributed by atoms with Gasteiger partial charge in [-0.05, 0) is 67.1 Å². The molecule has 0 unspecified atom stereocenters. The van der Waals surface area contributed by atoms with Crippen LogP contribution in [0.2, 0.25) is 10.0 Å². The highest BCUT2D eigenvalue weighted by Crippen LogP contribution is 2.22. The SMILES string of the molecule is Cc1cccc(NC(=O)c2ccc(NC(=O)c3ccc(Cl)cc3Cl)cc2)c1. The normalized spacial score (nSPS) is 10.3. The van der Waals surface area contributed by atoms with E-state index >= 15 is 0 Å². The second-order valence-corrected chi connectivity index (χ2v) is 6.82. The zero-order valence-electron chi connectivity index (χ0n) is 14.4. The van der Waals surface area contributed by atoms with Gasteiger partial charge in [-0.3, -0.25) is 9.59 Å². The first-order valence-electron chi connectivity index (χ1n) is 8.17. The van der Waals surface area contributed by atoms with E-state index in [1.807, 2.05) is 31.2 Å². The minimum Gasteiger partial charge on any atom is -0.322 e. The molecule has 0 atom stereocenters. The van der Waals surface area contributed by atoms with Crippen LogP contribution in [-0.2, 0) is 0 Å². The molecule has 2 amide bonds. The van der Waals surface area contributed by atoms with Crippen LogP contribution in [0.3, 0.4) is 0 Å². The third-order valence-corrected chi connectivity index (χ3v) is 4.40. The van der Waals surface area contributed by atoms with Gasteiger partial charge in [0.1, 0.15) is 0 Å². The Morgan fingerprint density at radius 1 is 0.778 bits per heavy atom. The van der Waals surface area contributed by atoms with Gasteiger partial charge in [0.05, 0.1) is 10.6 Å². The Morgan fingerprint density at radius 3 is 2.15 bits per heavy atom. The van der Waals surface area contributed by atoms with Gasteiger partial charge in [-0.1, -0.05) is 35.3 Å². The number of aryl methyl sites for hydroxylation is 1. The summed E-state index contributed by atoms with van der Waals surface area (Å²) >= 11 is 11.9. The molecule has 0 aliphatic heterocycles. The molecule has 0 aliphatic carbocycles. The van der Waals surface area contributed by atoms with Gasteiger partial charge in [0.25, 0.3) is 11.8 Å². The number of carbonyl (C=O) groups is 2. The number of rotatable bonds is 4. The van der Waals surface area contributed by atoms with Crippen LogP contribution in [0.5, 0.6) is 0 Å². The Bertz CT molecular complexity index is 1000. The molecular weight excluding hydrogens is 383 g/mol. The maximum atomic E-state index is 12.3. The van der Waals surface area contributed by atoms with Crippen molar-refractivity contribution in [1.82, 2.24) is 0 Å². The fourth-order valence-corrected chi connectivity index (χ4v) is 3.00. The molecule has 0 saturated heterocycles. The van der Waals surface area contributed by atoms with Crippen molar-refractivity contribution in [2.45, 2.75) is 6.92 Å². The Balaban J connectivity index is 1.67. The summed E-state index contributed by atoms with van der Waals surface area (Å²) in [5.74, 6) is -0.576. The molecule has 0 saturated carbocycles. The van der Waals surface area contributed by atoms with Crippen LogP contribution in [0.15, 0.2) is 66.7 Å². The third kappa shape index (κ3) is 4.88. The molecule has 0 aromatic heterocycles. The number of hydrogen-bond acceptors (Lipinski definition) is 2. The van der Waals surface area contributed by atoms with E-state index in [1.165, 1.54) is 6.07 Å². The molecule has 0 fully saturated rings. The molecule has 0 aliphatic rings. The number of nitrogens with one attached hydrogen (secondary N) is 2. The molecule has 0 heterocycles. The largest absolute Gasteiger partial charge is 0.322 e. The van der Waals surface area contributed by atoms with Crippen molar-refractivity contribution in [2.75, 3.05) is 10.6 Å². The zero-order valence-corrected chi connectivity index (χ0v) is 15.9. The van der Waals surface area contributed by atoms with Gasteiger partial charge >= 0.3 is 0 Å². The predicted molar refractivity (Wildman–Crippen MR) is 110 cm³/mol. The van der Waals surface area contributed by atoms with Gasteiger partial charge in [0.2, 0.25) is 0 Å². The zero-order chi connectivity index (χ0) is 19.4. The Morgan fingerprint density at radius 2 is 1.48 bits per heavy atom. The van der Waals surface area contributed by atoms with Gasteiger partial charge in [-0.25, -0.2) is 0 Å². The smallest absolute Gasteiger partial charge is 0.257 e. The highest BCUT2D eigenvalue weighted by Gasteiger charge is 2.12. The van der Waals surface area contributed by atoms with Crippen LogP contribution < -0.4 is 10.6 Å². The van der Waals surface area contributed by atoms with E-state index in [0.717, 1.165) is 11.3 Å². The maximum absolute atomic E-state index is 12.3. The summed E-state index contributed by atoms with van der Waals surface area (Å²) in [6.07, 6.45) is 0. The lowest BCUT2D eigenvalue weighted by Crippen LogP contribution is -2.14. The van der Waals surface area contributed by atoms with Crippen molar-refractivity contribution in [3.63, 3.8) is 0 Å². The van der Waals surface area contributed by atoms with Gasteiger partial charge in [-0.15, -0.1) is 0 Å². The van der Waals surface area contributed by atoms with Crippen LogP contribution in [0.1, 0.15) is 26.3 Å². The summed E-state index contributed by atoms with van der Waals surface area (Å²) in [6, 6.07) is 18.8. The monoisotopic (exact) mass is 398 g/mol. The molecule has 3 aromatic rings. The van der Waals surface area contributed by atoms with E-state index in [-0.39, 0.29) is 16.8 Å². The van der Waals surface area contributed by atoms with Crippen molar-refractivity contribution in [3.8, 4) is 0 Å². The molecule has 136 valence electrons. The number of amides is 2. The molecule has 2 N–H and O–H groups in total. The van der Waals surface area contributed by atoms with E-state index in [0.29, 0.717) is 21.8 Å². The quantitative estimate of drug-likeness (QED) is 0.582. The van der Waals surface area contributed by atoms with Crippen LogP contribution in [0, 0.1) is 6.92 Å². The van der Waals surface area contributed by atoms with Crippen LogP contribution in [0.4, 0.5) is 11.4 Å². The van der Waals surface area contributed by atoms with E-state index in [4.69, 9.17) is 23.2 Å². The number of anilines is 2. The van der Waals surface area contributed by atoms with Crippen molar-refractivity contribution < 1.29 is 9.59 Å². The lowest BCUT2D eigenvalue weighted by atomic mass is 10.1. The summed E-state index contributed by atoms with van der Waals surface area (Å²) in [6.45, 7) is 1.96. The standard InChI is InChI=1S/C21H16Cl2N2O2/c1-13-3-2-4-17(11-13)25-20(26)14-5-8-16(9-6-14)24-21(27)18-10-7-15(22)12-19(18)23/h2-12H,1H3,(H,24,27)(H,25,26). The molecule has 0 bridgehead atoms. The topological polar surface area (TPSA) is 58.2 Å². The van der Waals surface area contributed by atoms with Crippen molar-refractivity contribution >= 4 is 46.4 Å². The summed E-state index contributed by atoms with van der Waals surface area (Å²) in [7, 11) is 0. The van der Waals surface area contributed by atoms with Crippen molar-refractivity contribution in [1.29, 1.82) is 0 Å². The first kappa shape index (κ1) is 19.0. The highest BCUT2D eigenvalue weighted by atomic mass is 35.5. The molecule has 0 spiro atoms. The lowest BCUT2D eigenvalue weighted by molar-refractivity contribution is 0.102. The number of carbonyl (C=O) groups excluding carboxylic acids is 2. The second-order valence-electron chi connectivity index (χ2n) is 5.98. The van der Waals surface area contributed by atoms with E-state index in [1.54, 1.807) is 36.4 Å². The number of benzene rings is 3. The Hall–Kier alpha value is -2.82. The van der Waals surface area contributed by atoms with Gasteiger partial charge in [0, 0.05) is 22.0 Å². The van der Waals surface area contributed by atoms with E-state index < -0.39 is 0 Å². The summed E-state index contributed by atoms with van der Waals surface area (Å²) in [4.78, 5) is 24.6. The molecular formula is C21H16Cl2N2O2. The summed E-state index contributed by atoms with van der Waals surface area (Å²) < 4.78 is 0. The first-order valence-corrected chi connectivity index (χ1v) is 8.92. The molecule has 3 aromatic carbocycles. The maximum Gasteiger partial charge on any atom is 0.257 e. The van der Waals surface area contributed by atoms with Crippen LogP contribution in [-0.4, -0.2) is 11.8 Å².